The molecule has 0 bridgehead atoms. The third kappa shape index (κ3) is 2.54. The van der Waals surface area contributed by atoms with Crippen molar-refractivity contribution in [2.24, 2.45) is 5.41 Å². The van der Waals surface area contributed by atoms with Crippen LogP contribution in [-0.2, 0) is 4.74 Å². The predicted octanol–water partition coefficient (Wildman–Crippen LogP) is 3.68. The summed E-state index contributed by atoms with van der Waals surface area (Å²) in [6, 6.07) is 5.24. The third-order valence-electron chi connectivity index (χ3n) is 4.65. The van der Waals surface area contributed by atoms with Crippen molar-refractivity contribution in [2.75, 3.05) is 13.2 Å². The Morgan fingerprint density at radius 1 is 1.20 bits per heavy atom. The van der Waals surface area contributed by atoms with Gasteiger partial charge in [0.15, 0.2) is 0 Å². The fraction of sp³-hybridized carbons (Fsp3) is 0.533. The summed E-state index contributed by atoms with van der Waals surface area (Å²) >= 11 is 11.8. The molecule has 1 aromatic carbocycles. The average molecular weight is 314 g/mol. The lowest BCUT2D eigenvalue weighted by Gasteiger charge is -2.52. The van der Waals surface area contributed by atoms with E-state index in [-0.39, 0.29) is 17.4 Å². The van der Waals surface area contributed by atoms with Crippen molar-refractivity contribution >= 4 is 29.1 Å². The molecule has 1 atom stereocenters. The molecule has 0 radical (unpaired) electrons. The van der Waals surface area contributed by atoms with E-state index >= 15 is 0 Å². The lowest BCUT2D eigenvalue weighted by atomic mass is 9.60. The van der Waals surface area contributed by atoms with Gasteiger partial charge in [0.1, 0.15) is 0 Å². The van der Waals surface area contributed by atoms with Gasteiger partial charge in [-0.15, -0.1) is 0 Å². The highest BCUT2D eigenvalue weighted by molar-refractivity contribution is 6.42. The molecule has 1 spiro atoms. The van der Waals surface area contributed by atoms with Gasteiger partial charge in [0.2, 0.25) is 0 Å². The van der Waals surface area contributed by atoms with E-state index in [4.69, 9.17) is 27.9 Å². The smallest absolute Gasteiger partial charge is 0.251 e. The lowest BCUT2D eigenvalue weighted by Crippen LogP contribution is -2.57. The van der Waals surface area contributed by atoms with Gasteiger partial charge in [0, 0.05) is 24.8 Å². The number of ether oxygens (including phenoxy) is 1. The zero-order valence-electron chi connectivity index (χ0n) is 11.1. The van der Waals surface area contributed by atoms with Gasteiger partial charge in [-0.3, -0.25) is 4.79 Å². The second-order valence-electron chi connectivity index (χ2n) is 5.67. The number of amides is 1. The van der Waals surface area contributed by atoms with E-state index in [2.05, 4.69) is 5.32 Å². The zero-order valence-corrected chi connectivity index (χ0v) is 12.6. The molecule has 3 nitrogen and oxygen atoms in total. The number of nitrogens with one attached hydrogen (secondary N) is 1. The normalized spacial score (nSPS) is 24.2. The summed E-state index contributed by atoms with van der Waals surface area (Å²) in [5, 5.41) is 4.02. The molecule has 5 heteroatoms. The Bertz CT molecular complexity index is 527. The van der Waals surface area contributed by atoms with Gasteiger partial charge in [-0.05, 0) is 49.3 Å². The van der Waals surface area contributed by atoms with Crippen LogP contribution < -0.4 is 5.32 Å². The molecular formula is C15H17Cl2NO2. The molecule has 1 amide bonds. The lowest BCUT2D eigenvalue weighted by molar-refractivity contribution is -0.0523. The summed E-state index contributed by atoms with van der Waals surface area (Å²) in [4.78, 5) is 12.3. The molecule has 1 N–H and O–H groups in total. The molecule has 2 fully saturated rings. The van der Waals surface area contributed by atoms with Crippen molar-refractivity contribution in [1.29, 1.82) is 0 Å². The van der Waals surface area contributed by atoms with Gasteiger partial charge >= 0.3 is 0 Å². The van der Waals surface area contributed by atoms with E-state index in [1.165, 1.54) is 6.42 Å². The van der Waals surface area contributed by atoms with Crippen molar-refractivity contribution in [2.45, 2.75) is 31.7 Å². The second kappa shape index (κ2) is 5.55. The van der Waals surface area contributed by atoms with E-state index in [0.29, 0.717) is 15.6 Å². The number of hydrogen-bond donors (Lipinski definition) is 1. The standard InChI is InChI=1S/C15H17Cl2NO2/c16-11-2-1-10(9-12(11)17)14(19)18-13-3-4-15(13)5-7-20-8-6-15/h1-2,9,13H,3-8H2,(H,18,19). The highest BCUT2D eigenvalue weighted by Crippen LogP contribution is 2.48. The largest absolute Gasteiger partial charge is 0.381 e. The first kappa shape index (κ1) is 14.2. The van der Waals surface area contributed by atoms with E-state index < -0.39 is 0 Å². The van der Waals surface area contributed by atoms with Gasteiger partial charge in [-0.25, -0.2) is 0 Å². The van der Waals surface area contributed by atoms with Crippen LogP contribution in [0.1, 0.15) is 36.0 Å². The molecule has 1 aliphatic carbocycles. The van der Waals surface area contributed by atoms with Crippen molar-refractivity contribution in [3.63, 3.8) is 0 Å². The number of rotatable bonds is 2. The first-order valence-corrected chi connectivity index (χ1v) is 7.70. The zero-order chi connectivity index (χ0) is 14.2. The fourth-order valence-electron chi connectivity index (χ4n) is 3.18. The maximum absolute atomic E-state index is 12.3. The molecule has 0 aromatic heterocycles. The molecule has 20 heavy (non-hydrogen) atoms. The Balaban J connectivity index is 1.68. The summed E-state index contributed by atoms with van der Waals surface area (Å²) in [5.41, 5.74) is 0.818. The van der Waals surface area contributed by atoms with Crippen LogP contribution in [0.5, 0.6) is 0 Å². The minimum Gasteiger partial charge on any atom is -0.381 e. The first-order valence-electron chi connectivity index (χ1n) is 6.94. The number of carbonyl (C=O) groups excluding carboxylic acids is 1. The van der Waals surface area contributed by atoms with Gasteiger partial charge in [0.25, 0.3) is 5.91 Å². The topological polar surface area (TPSA) is 38.3 Å². The van der Waals surface area contributed by atoms with Crippen LogP contribution in [-0.4, -0.2) is 25.2 Å². The minimum absolute atomic E-state index is 0.0702. The third-order valence-corrected chi connectivity index (χ3v) is 5.38. The number of halogens is 2. The molecule has 1 saturated carbocycles. The molecule has 108 valence electrons. The average Bonchev–Trinajstić information content (AvgIpc) is 2.47. The Morgan fingerprint density at radius 2 is 1.95 bits per heavy atom. The maximum Gasteiger partial charge on any atom is 0.251 e. The number of hydrogen-bond acceptors (Lipinski definition) is 2. The minimum atomic E-state index is -0.0702. The number of carbonyl (C=O) groups is 1. The first-order chi connectivity index (χ1) is 9.61. The molecule has 1 heterocycles. The molecule has 1 aliphatic heterocycles. The van der Waals surface area contributed by atoms with Crippen LogP contribution in [0.4, 0.5) is 0 Å². The van der Waals surface area contributed by atoms with Crippen LogP contribution in [0.15, 0.2) is 18.2 Å². The molecule has 1 saturated heterocycles. The molecule has 3 rings (SSSR count). The monoisotopic (exact) mass is 313 g/mol. The Kier molecular flexibility index (Phi) is 3.93. The van der Waals surface area contributed by atoms with Gasteiger partial charge in [0.05, 0.1) is 10.0 Å². The van der Waals surface area contributed by atoms with Crippen LogP contribution in [0.25, 0.3) is 0 Å². The fourth-order valence-corrected chi connectivity index (χ4v) is 3.48. The van der Waals surface area contributed by atoms with Crippen LogP contribution in [0.3, 0.4) is 0 Å². The van der Waals surface area contributed by atoms with Crippen molar-refractivity contribution in [3.05, 3.63) is 33.8 Å². The summed E-state index contributed by atoms with van der Waals surface area (Å²) in [5.74, 6) is -0.0702. The predicted molar refractivity (Wildman–Crippen MR) is 79.4 cm³/mol. The van der Waals surface area contributed by atoms with Gasteiger partial charge < -0.3 is 10.1 Å². The summed E-state index contributed by atoms with van der Waals surface area (Å²) < 4.78 is 5.42. The summed E-state index contributed by atoms with van der Waals surface area (Å²) in [7, 11) is 0. The van der Waals surface area contributed by atoms with E-state index in [9.17, 15) is 4.79 Å². The van der Waals surface area contributed by atoms with E-state index in [0.717, 1.165) is 32.5 Å². The summed E-state index contributed by atoms with van der Waals surface area (Å²) in [6.45, 7) is 1.61. The van der Waals surface area contributed by atoms with Crippen LogP contribution in [0, 0.1) is 5.41 Å². The van der Waals surface area contributed by atoms with Crippen LogP contribution >= 0.6 is 23.2 Å². The second-order valence-corrected chi connectivity index (χ2v) is 6.48. The SMILES string of the molecule is O=C(NC1CCC12CCOCC2)c1ccc(Cl)c(Cl)c1. The van der Waals surface area contributed by atoms with Gasteiger partial charge in [-0.1, -0.05) is 23.2 Å². The van der Waals surface area contributed by atoms with Crippen molar-refractivity contribution in [1.82, 2.24) is 5.32 Å². The molecule has 1 aromatic rings. The van der Waals surface area contributed by atoms with Gasteiger partial charge in [-0.2, -0.15) is 0 Å². The summed E-state index contributed by atoms with van der Waals surface area (Å²) in [6.07, 6.45) is 4.31. The van der Waals surface area contributed by atoms with Crippen LogP contribution in [0.2, 0.25) is 10.0 Å². The molecule has 2 aliphatic rings. The van der Waals surface area contributed by atoms with E-state index in [1.54, 1.807) is 18.2 Å². The Hall–Kier alpha value is -0.770. The molecular weight excluding hydrogens is 297 g/mol. The molecule has 1 unspecified atom stereocenters. The number of benzene rings is 1. The quantitative estimate of drug-likeness (QED) is 0.904. The highest BCUT2D eigenvalue weighted by atomic mass is 35.5. The van der Waals surface area contributed by atoms with Crippen molar-refractivity contribution in [3.8, 4) is 0 Å². The van der Waals surface area contributed by atoms with E-state index in [1.807, 2.05) is 0 Å². The highest BCUT2D eigenvalue weighted by Gasteiger charge is 2.47. The van der Waals surface area contributed by atoms with Crippen molar-refractivity contribution < 1.29 is 9.53 Å². The maximum atomic E-state index is 12.3. The Morgan fingerprint density at radius 3 is 2.55 bits per heavy atom. The Labute approximate surface area is 128 Å².